The zero-order valence-electron chi connectivity index (χ0n) is 27.9. The first-order valence-electron chi connectivity index (χ1n) is 17.1. The molecule has 53 heavy (non-hydrogen) atoms. The third kappa shape index (κ3) is 5.36. The van der Waals surface area contributed by atoms with Crippen LogP contribution in [0.15, 0.2) is 94.7 Å². The summed E-state index contributed by atoms with van der Waals surface area (Å²) in [5, 5.41) is 5.32. The molecule has 2 saturated carbocycles. The Hall–Kier alpha value is -5.08. The van der Waals surface area contributed by atoms with Crippen LogP contribution in [0.3, 0.4) is 0 Å². The number of para-hydroxylation sites is 1. The third-order valence-corrected chi connectivity index (χ3v) is 13.7. The van der Waals surface area contributed by atoms with Gasteiger partial charge in [-0.05, 0) is 65.5 Å². The molecule has 9 rings (SSSR count). The van der Waals surface area contributed by atoms with Gasteiger partial charge in [-0.15, -0.1) is 11.8 Å². The van der Waals surface area contributed by atoms with Gasteiger partial charge in [-0.1, -0.05) is 65.9 Å². The molecular weight excluding hydrogens is 728 g/mol. The molecule has 1 saturated heterocycles. The SMILES string of the molecule is COc1cc([C@@H]2c3sc(=O)[nH]c3S[C@@H]3[C@@H]4C[C@@H]([C@@H]5C(=O)N(c6ccccc6C(F)(F)F)C(=O)[C@@H]45)[C@H]23)ccc1OCC(=O)Nc1cccc2ccccc12. The summed E-state index contributed by atoms with van der Waals surface area (Å²) in [6, 6.07) is 23.4. The van der Waals surface area contributed by atoms with Crippen molar-refractivity contribution >= 4 is 63.0 Å². The van der Waals surface area contributed by atoms with Crippen molar-refractivity contribution in [2.75, 3.05) is 23.9 Å². The first-order valence-corrected chi connectivity index (χ1v) is 18.7. The van der Waals surface area contributed by atoms with Gasteiger partial charge in [-0.2, -0.15) is 13.2 Å². The number of nitrogens with one attached hydrogen (secondary N) is 2. The van der Waals surface area contributed by atoms with E-state index in [-0.39, 0.29) is 46.3 Å². The molecule has 4 aromatic carbocycles. The van der Waals surface area contributed by atoms with E-state index in [1.807, 2.05) is 48.5 Å². The van der Waals surface area contributed by atoms with Crippen LogP contribution in [0, 0.1) is 29.6 Å². The number of hydrogen-bond acceptors (Lipinski definition) is 8. The quantitative estimate of drug-likeness (QED) is 0.167. The van der Waals surface area contributed by atoms with Gasteiger partial charge in [-0.3, -0.25) is 19.2 Å². The molecule has 2 aliphatic carbocycles. The van der Waals surface area contributed by atoms with Gasteiger partial charge in [0.05, 0.1) is 35.2 Å². The smallest absolute Gasteiger partial charge is 0.418 e. The van der Waals surface area contributed by atoms with Crippen molar-refractivity contribution in [2.24, 2.45) is 29.6 Å². The highest BCUT2D eigenvalue weighted by molar-refractivity contribution is 8.00. The molecule has 3 heterocycles. The number of methoxy groups -OCH3 is 1. The molecule has 4 aliphatic rings. The average molecular weight is 758 g/mol. The highest BCUT2D eigenvalue weighted by Gasteiger charge is 2.70. The minimum atomic E-state index is -4.75. The van der Waals surface area contributed by atoms with E-state index in [1.54, 1.807) is 12.1 Å². The Morgan fingerprint density at radius 3 is 2.45 bits per heavy atom. The average Bonchev–Trinajstić information content (AvgIpc) is 3.89. The first kappa shape index (κ1) is 33.7. The van der Waals surface area contributed by atoms with Crippen LogP contribution in [0.4, 0.5) is 24.5 Å². The van der Waals surface area contributed by atoms with Crippen LogP contribution >= 0.6 is 23.1 Å². The van der Waals surface area contributed by atoms with Gasteiger partial charge in [0.2, 0.25) is 11.8 Å². The number of alkyl halides is 3. The van der Waals surface area contributed by atoms with Crippen molar-refractivity contribution in [3.8, 4) is 11.5 Å². The number of thiazole rings is 1. The van der Waals surface area contributed by atoms with Gasteiger partial charge in [0.25, 0.3) is 5.91 Å². The normalized spacial score (nSPS) is 25.7. The number of carbonyl (C=O) groups excluding carboxylic acids is 3. The van der Waals surface area contributed by atoms with E-state index >= 15 is 0 Å². The van der Waals surface area contributed by atoms with Crippen molar-refractivity contribution in [2.45, 2.75) is 28.8 Å². The number of nitrogens with zero attached hydrogens (tertiary/aromatic N) is 1. The van der Waals surface area contributed by atoms with Gasteiger partial charge >= 0.3 is 11.0 Å². The summed E-state index contributed by atoms with van der Waals surface area (Å²) in [6.07, 6.45) is -4.18. The summed E-state index contributed by atoms with van der Waals surface area (Å²) < 4.78 is 53.8. The summed E-state index contributed by atoms with van der Waals surface area (Å²) in [4.78, 5) is 58.0. The van der Waals surface area contributed by atoms with Crippen molar-refractivity contribution in [3.05, 3.63) is 111 Å². The molecule has 2 aliphatic heterocycles. The number of H-pyrrole nitrogens is 1. The predicted octanol–water partition coefficient (Wildman–Crippen LogP) is 7.31. The van der Waals surface area contributed by atoms with E-state index in [0.717, 1.165) is 43.5 Å². The molecule has 9 nitrogen and oxygen atoms in total. The second kappa shape index (κ2) is 12.5. The molecule has 1 aromatic heterocycles. The molecular formula is C39H30F3N3O6S2. The van der Waals surface area contributed by atoms with E-state index in [1.165, 1.54) is 37.1 Å². The van der Waals surface area contributed by atoms with Crippen molar-refractivity contribution in [1.82, 2.24) is 4.98 Å². The predicted molar refractivity (Wildman–Crippen MR) is 193 cm³/mol. The van der Waals surface area contributed by atoms with Gasteiger partial charge < -0.3 is 19.8 Å². The van der Waals surface area contributed by atoms with Crippen LogP contribution in [-0.4, -0.2) is 41.7 Å². The number of halogens is 3. The highest BCUT2D eigenvalue weighted by Crippen LogP contribution is 2.69. The lowest BCUT2D eigenvalue weighted by Gasteiger charge is -2.43. The molecule has 5 aromatic rings. The Kier molecular flexibility index (Phi) is 7.96. The Morgan fingerprint density at radius 2 is 1.66 bits per heavy atom. The number of fused-ring (bicyclic) bond motifs is 10. The number of rotatable bonds is 7. The lowest BCUT2D eigenvalue weighted by atomic mass is 9.68. The fourth-order valence-corrected chi connectivity index (χ4v) is 12.1. The number of aromatic nitrogens is 1. The zero-order chi connectivity index (χ0) is 36.8. The Labute approximate surface area is 308 Å². The van der Waals surface area contributed by atoms with Crippen molar-refractivity contribution in [3.63, 3.8) is 0 Å². The van der Waals surface area contributed by atoms with Crippen molar-refractivity contribution in [1.29, 1.82) is 0 Å². The molecule has 7 atom stereocenters. The fraction of sp³-hybridized carbons (Fsp3) is 0.282. The number of aromatic amines is 1. The number of hydrogen-bond donors (Lipinski definition) is 2. The monoisotopic (exact) mass is 757 g/mol. The maximum atomic E-state index is 14.1. The maximum Gasteiger partial charge on any atom is 0.418 e. The molecule has 3 amide bonds. The van der Waals surface area contributed by atoms with E-state index in [4.69, 9.17) is 9.47 Å². The molecule has 3 fully saturated rings. The Morgan fingerprint density at radius 1 is 0.925 bits per heavy atom. The van der Waals surface area contributed by atoms with E-state index < -0.39 is 41.1 Å². The van der Waals surface area contributed by atoms with E-state index in [0.29, 0.717) is 28.6 Å². The number of amides is 3. The third-order valence-electron chi connectivity index (χ3n) is 11.1. The second-order valence-corrected chi connectivity index (χ2v) is 16.0. The number of ether oxygens (including phenoxy) is 2. The summed E-state index contributed by atoms with van der Waals surface area (Å²) in [7, 11) is 1.49. The zero-order valence-corrected chi connectivity index (χ0v) is 29.5. The van der Waals surface area contributed by atoms with Crippen LogP contribution in [0.25, 0.3) is 10.8 Å². The van der Waals surface area contributed by atoms with Gasteiger partial charge in [0, 0.05) is 27.1 Å². The first-order chi connectivity index (χ1) is 25.5. The molecule has 2 N–H and O–H groups in total. The molecule has 14 heteroatoms. The van der Waals surface area contributed by atoms with Crippen LogP contribution in [-0.2, 0) is 20.6 Å². The summed E-state index contributed by atoms with van der Waals surface area (Å²) in [5.41, 5.74) is -0.0148. The second-order valence-electron chi connectivity index (χ2n) is 13.8. The van der Waals surface area contributed by atoms with Crippen LogP contribution in [0.2, 0.25) is 0 Å². The lowest BCUT2D eigenvalue weighted by molar-refractivity contribution is -0.137. The van der Waals surface area contributed by atoms with Crippen LogP contribution in [0.5, 0.6) is 11.5 Å². The summed E-state index contributed by atoms with van der Waals surface area (Å²) in [6.45, 7) is -0.287. The minimum Gasteiger partial charge on any atom is -0.493 e. The maximum absolute atomic E-state index is 14.1. The number of carbonyl (C=O) groups is 3. The number of benzene rings is 4. The molecule has 0 unspecified atom stereocenters. The largest absolute Gasteiger partial charge is 0.493 e. The molecule has 0 spiro atoms. The topological polar surface area (TPSA) is 118 Å². The van der Waals surface area contributed by atoms with Crippen molar-refractivity contribution < 1.29 is 37.0 Å². The summed E-state index contributed by atoms with van der Waals surface area (Å²) >= 11 is 2.57. The molecule has 270 valence electrons. The number of thioether (sulfide) groups is 1. The van der Waals surface area contributed by atoms with Crippen LogP contribution in [0.1, 0.15) is 28.3 Å². The van der Waals surface area contributed by atoms with Gasteiger partial charge in [-0.25, -0.2) is 4.90 Å². The number of anilines is 2. The lowest BCUT2D eigenvalue weighted by Crippen LogP contribution is -2.42. The molecule has 0 radical (unpaired) electrons. The standard InChI is InChI=1S/C39H30F3N3O6S2/c1-50-27-15-19(13-14-26(27)51-17-28(46)43-24-11-6-8-18-7-2-3-9-20(18)24)29-30-21-16-22(33(30)52-35-34(29)53-38(49)44-35)32-31(21)36(47)45(37(32)48)25-12-5-4-10-23(25)39(40,41)42/h2-15,21-22,29-33H,16-17H2,1H3,(H,43,46)(H,44,49)/t21-,22-,29+,30-,31+,32+,33-/m1/s1. The minimum absolute atomic E-state index is 0.168. The fourth-order valence-electron chi connectivity index (χ4n) is 9.20. The van der Waals surface area contributed by atoms with Gasteiger partial charge in [0.15, 0.2) is 18.1 Å². The van der Waals surface area contributed by atoms with Crippen LogP contribution < -0.4 is 24.6 Å². The Balaban J connectivity index is 1.01. The van der Waals surface area contributed by atoms with E-state index in [2.05, 4.69) is 10.3 Å². The summed E-state index contributed by atoms with van der Waals surface area (Å²) in [5.74, 6) is -3.54. The van der Waals surface area contributed by atoms with Gasteiger partial charge in [0.1, 0.15) is 0 Å². The number of imide groups is 1. The van der Waals surface area contributed by atoms with E-state index in [9.17, 15) is 32.3 Å². The highest BCUT2D eigenvalue weighted by atomic mass is 32.2. The molecule has 2 bridgehead atoms. The Bertz CT molecular complexity index is 2390.